The lowest BCUT2D eigenvalue weighted by Gasteiger charge is -2.03. The minimum absolute atomic E-state index is 0.0273. The second kappa shape index (κ2) is 3.58. The quantitative estimate of drug-likeness (QED) is 0.737. The zero-order valence-corrected chi connectivity index (χ0v) is 8.93. The number of fused-ring (bicyclic) bond motifs is 1. The maximum absolute atomic E-state index is 11.2. The van der Waals surface area contributed by atoms with E-state index in [0.29, 0.717) is 12.4 Å². The molecular weight excluding hydrogens is 220 g/mol. The molecule has 6 nitrogen and oxygen atoms in total. The number of nitrogens with two attached hydrogens (primary N) is 1. The molecule has 0 saturated carbocycles. The summed E-state index contributed by atoms with van der Waals surface area (Å²) in [6.07, 6.45) is 0.869. The number of anilines is 1. The topological polar surface area (TPSA) is 93.9 Å². The normalized spacial score (nSPS) is 13.2. The summed E-state index contributed by atoms with van der Waals surface area (Å²) in [5.41, 5.74) is 6.86. The maximum atomic E-state index is 11.2. The van der Waals surface area contributed by atoms with Gasteiger partial charge in [-0.1, -0.05) is 0 Å². The van der Waals surface area contributed by atoms with Crippen molar-refractivity contribution in [2.75, 3.05) is 12.3 Å². The van der Waals surface area contributed by atoms with Crippen LogP contribution in [0.1, 0.15) is 5.56 Å². The van der Waals surface area contributed by atoms with Gasteiger partial charge < -0.3 is 10.5 Å². The van der Waals surface area contributed by atoms with Crippen LogP contribution in [0.15, 0.2) is 23.0 Å². The average molecular weight is 230 g/mol. The van der Waals surface area contributed by atoms with Gasteiger partial charge in [-0.2, -0.15) is 9.97 Å². The highest BCUT2D eigenvalue weighted by Crippen LogP contribution is 2.28. The Hall–Kier alpha value is -2.37. The van der Waals surface area contributed by atoms with E-state index in [1.807, 2.05) is 18.2 Å². The molecule has 2 heterocycles. The number of aromatic amines is 1. The number of aromatic nitrogens is 3. The van der Waals surface area contributed by atoms with Gasteiger partial charge in [-0.15, -0.1) is 0 Å². The minimum atomic E-state index is -0.496. The molecule has 86 valence electrons. The summed E-state index contributed by atoms with van der Waals surface area (Å²) in [7, 11) is 0. The van der Waals surface area contributed by atoms with Gasteiger partial charge in [-0.05, 0) is 23.8 Å². The molecule has 6 heteroatoms. The zero-order chi connectivity index (χ0) is 11.8. The lowest BCUT2D eigenvalue weighted by Crippen LogP contribution is -2.15. The van der Waals surface area contributed by atoms with E-state index in [1.165, 1.54) is 0 Å². The summed E-state index contributed by atoms with van der Waals surface area (Å²) >= 11 is 0. The molecule has 0 radical (unpaired) electrons. The van der Waals surface area contributed by atoms with Crippen LogP contribution in [0.5, 0.6) is 5.75 Å². The maximum Gasteiger partial charge on any atom is 0.349 e. The summed E-state index contributed by atoms with van der Waals surface area (Å²) in [5.74, 6) is 1.29. The molecule has 1 aliphatic heterocycles. The van der Waals surface area contributed by atoms with Gasteiger partial charge in [0, 0.05) is 12.0 Å². The second-order valence-electron chi connectivity index (χ2n) is 3.78. The van der Waals surface area contributed by atoms with Crippen molar-refractivity contribution in [3.8, 4) is 17.1 Å². The molecule has 0 atom stereocenters. The molecule has 0 amide bonds. The monoisotopic (exact) mass is 230 g/mol. The van der Waals surface area contributed by atoms with Gasteiger partial charge in [-0.3, -0.25) is 4.98 Å². The molecule has 1 aromatic heterocycles. The molecule has 3 rings (SSSR count). The molecule has 17 heavy (non-hydrogen) atoms. The molecule has 0 aliphatic carbocycles. The van der Waals surface area contributed by atoms with Gasteiger partial charge >= 0.3 is 5.69 Å². The van der Waals surface area contributed by atoms with Gasteiger partial charge in [0.15, 0.2) is 0 Å². The first-order valence-electron chi connectivity index (χ1n) is 5.22. The van der Waals surface area contributed by atoms with Gasteiger partial charge in [0.25, 0.3) is 0 Å². The van der Waals surface area contributed by atoms with Crippen molar-refractivity contribution in [2.45, 2.75) is 6.42 Å². The van der Waals surface area contributed by atoms with Gasteiger partial charge in [0.1, 0.15) is 11.6 Å². The molecule has 0 fully saturated rings. The third kappa shape index (κ3) is 1.73. The molecule has 1 aliphatic rings. The number of ether oxygens (including phenoxy) is 1. The van der Waals surface area contributed by atoms with Crippen LogP contribution in [0.2, 0.25) is 0 Å². The first kappa shape index (κ1) is 9.83. The second-order valence-corrected chi connectivity index (χ2v) is 3.78. The fourth-order valence-electron chi connectivity index (χ4n) is 1.87. The first-order chi connectivity index (χ1) is 8.22. The summed E-state index contributed by atoms with van der Waals surface area (Å²) in [6.45, 7) is 0.696. The van der Waals surface area contributed by atoms with Crippen molar-refractivity contribution in [3.63, 3.8) is 0 Å². The van der Waals surface area contributed by atoms with Crippen molar-refractivity contribution in [1.82, 2.24) is 15.0 Å². The van der Waals surface area contributed by atoms with Crippen LogP contribution in [0, 0.1) is 0 Å². The fraction of sp³-hybridized carbons (Fsp3) is 0.182. The predicted molar refractivity (Wildman–Crippen MR) is 61.7 cm³/mol. The van der Waals surface area contributed by atoms with Crippen molar-refractivity contribution in [3.05, 3.63) is 34.2 Å². The van der Waals surface area contributed by atoms with Crippen molar-refractivity contribution >= 4 is 5.95 Å². The van der Waals surface area contributed by atoms with Crippen molar-refractivity contribution < 1.29 is 4.74 Å². The van der Waals surface area contributed by atoms with Crippen LogP contribution in [0.25, 0.3) is 11.4 Å². The molecule has 0 unspecified atom stereocenters. The predicted octanol–water partition coefficient (Wildman–Crippen LogP) is 0.349. The third-order valence-electron chi connectivity index (χ3n) is 2.63. The Bertz CT molecular complexity index is 636. The number of nitrogens with zero attached hydrogens (tertiary/aromatic N) is 2. The fourth-order valence-corrected chi connectivity index (χ4v) is 1.87. The van der Waals surface area contributed by atoms with Crippen LogP contribution in [0.3, 0.4) is 0 Å². The molecule has 1 aromatic carbocycles. The van der Waals surface area contributed by atoms with Gasteiger partial charge in [0.2, 0.25) is 5.95 Å². The SMILES string of the molecule is Nc1nc(-c2ccc3c(c2)CCO3)[nH]c(=O)n1. The lowest BCUT2D eigenvalue weighted by atomic mass is 10.1. The van der Waals surface area contributed by atoms with Crippen molar-refractivity contribution in [2.24, 2.45) is 0 Å². The number of hydrogen-bond acceptors (Lipinski definition) is 5. The number of benzene rings is 1. The highest BCUT2D eigenvalue weighted by molar-refractivity contribution is 5.59. The standard InChI is InChI=1S/C11H10N4O2/c12-10-13-9(14-11(16)15-10)7-1-2-8-6(5-7)3-4-17-8/h1-2,5H,3-4H2,(H3,12,13,14,15,16). The van der Waals surface area contributed by atoms with Crippen LogP contribution in [-0.2, 0) is 6.42 Å². The van der Waals surface area contributed by atoms with Gasteiger partial charge in [-0.25, -0.2) is 4.79 Å². The van der Waals surface area contributed by atoms with E-state index in [-0.39, 0.29) is 5.95 Å². The highest BCUT2D eigenvalue weighted by Gasteiger charge is 2.13. The summed E-state index contributed by atoms with van der Waals surface area (Å²) < 4.78 is 5.41. The van der Waals surface area contributed by atoms with E-state index in [9.17, 15) is 4.79 Å². The van der Waals surface area contributed by atoms with Crippen LogP contribution >= 0.6 is 0 Å². The van der Waals surface area contributed by atoms with E-state index in [1.54, 1.807) is 0 Å². The Morgan fingerprint density at radius 1 is 1.35 bits per heavy atom. The van der Waals surface area contributed by atoms with E-state index in [2.05, 4.69) is 15.0 Å². The lowest BCUT2D eigenvalue weighted by molar-refractivity contribution is 0.357. The number of nitrogens with one attached hydrogen (secondary N) is 1. The molecule has 0 spiro atoms. The zero-order valence-electron chi connectivity index (χ0n) is 8.93. The first-order valence-corrected chi connectivity index (χ1v) is 5.22. The summed E-state index contributed by atoms with van der Waals surface area (Å²) in [6, 6.07) is 5.65. The Morgan fingerprint density at radius 3 is 3.06 bits per heavy atom. The smallest absolute Gasteiger partial charge is 0.349 e. The Balaban J connectivity index is 2.12. The highest BCUT2D eigenvalue weighted by atomic mass is 16.5. The Kier molecular flexibility index (Phi) is 2.07. The van der Waals surface area contributed by atoms with Crippen molar-refractivity contribution in [1.29, 1.82) is 0 Å². The molecular formula is C11H10N4O2. The average Bonchev–Trinajstić information content (AvgIpc) is 2.74. The van der Waals surface area contributed by atoms with Crippen LogP contribution < -0.4 is 16.2 Å². The summed E-state index contributed by atoms with van der Waals surface area (Å²) in [5, 5.41) is 0. The molecule has 0 saturated heterocycles. The third-order valence-corrected chi connectivity index (χ3v) is 2.63. The number of H-pyrrole nitrogens is 1. The number of rotatable bonds is 1. The van der Waals surface area contributed by atoms with E-state index >= 15 is 0 Å². The number of nitrogen functional groups attached to an aromatic ring is 1. The van der Waals surface area contributed by atoms with Crippen LogP contribution in [0.4, 0.5) is 5.95 Å². The largest absolute Gasteiger partial charge is 0.493 e. The van der Waals surface area contributed by atoms with E-state index in [4.69, 9.17) is 10.5 Å². The minimum Gasteiger partial charge on any atom is -0.493 e. The summed E-state index contributed by atoms with van der Waals surface area (Å²) in [4.78, 5) is 21.2. The van der Waals surface area contributed by atoms with E-state index in [0.717, 1.165) is 23.3 Å². The Labute approximate surface area is 96.5 Å². The molecule has 0 bridgehead atoms. The van der Waals surface area contributed by atoms with Crippen LogP contribution in [-0.4, -0.2) is 21.6 Å². The Morgan fingerprint density at radius 2 is 2.24 bits per heavy atom. The van der Waals surface area contributed by atoms with E-state index < -0.39 is 5.69 Å². The molecule has 3 N–H and O–H groups in total. The molecule has 2 aromatic rings. The number of hydrogen-bond donors (Lipinski definition) is 2. The van der Waals surface area contributed by atoms with Gasteiger partial charge in [0.05, 0.1) is 6.61 Å².